The van der Waals surface area contributed by atoms with Gasteiger partial charge in [0.05, 0.1) is 17.0 Å². The molecule has 2 aromatic rings. The van der Waals surface area contributed by atoms with E-state index in [2.05, 4.69) is 24.1 Å². The molecule has 7 nitrogen and oxygen atoms in total. The molecule has 0 saturated heterocycles. The predicted molar refractivity (Wildman–Crippen MR) is 117 cm³/mol. The third-order valence-electron chi connectivity index (χ3n) is 6.08. The first kappa shape index (κ1) is 21.7. The lowest BCUT2D eigenvalue weighted by atomic mass is 9.82. The lowest BCUT2D eigenvalue weighted by Gasteiger charge is -2.27. The van der Waals surface area contributed by atoms with Crippen LogP contribution in [0.1, 0.15) is 76.7 Å². The van der Waals surface area contributed by atoms with E-state index in [0.717, 1.165) is 62.4 Å². The quantitative estimate of drug-likeness (QED) is 0.557. The van der Waals surface area contributed by atoms with Crippen LogP contribution < -0.4 is 16.6 Å². The number of hydrogen-bond donors (Lipinski definition) is 3. The van der Waals surface area contributed by atoms with Gasteiger partial charge in [-0.25, -0.2) is 9.97 Å². The number of aliphatic hydroxyl groups excluding tert-OH is 1. The minimum atomic E-state index is -0.211. The molecule has 2 heterocycles. The fraction of sp³-hybridized carbons (Fsp3) is 0.682. The number of nitrogens with zero attached hydrogens (tertiary/aromatic N) is 3. The average Bonchev–Trinajstić information content (AvgIpc) is 2.73. The molecule has 0 bridgehead atoms. The van der Waals surface area contributed by atoms with Crippen LogP contribution in [0.2, 0.25) is 0 Å². The Morgan fingerprint density at radius 2 is 2.03 bits per heavy atom. The fourth-order valence-corrected chi connectivity index (χ4v) is 4.05. The minimum Gasteiger partial charge on any atom is -0.393 e. The average molecular weight is 402 g/mol. The Hall–Kier alpha value is -1.99. The second-order valence-electron chi connectivity index (χ2n) is 8.35. The molecule has 0 spiro atoms. The molecule has 1 fully saturated rings. The van der Waals surface area contributed by atoms with E-state index in [-0.39, 0.29) is 17.7 Å². The monoisotopic (exact) mass is 401 g/mol. The van der Waals surface area contributed by atoms with Gasteiger partial charge in [0.15, 0.2) is 0 Å². The lowest BCUT2D eigenvalue weighted by molar-refractivity contribution is 0.122. The normalized spacial score (nSPS) is 20.7. The van der Waals surface area contributed by atoms with Gasteiger partial charge in [-0.15, -0.1) is 0 Å². The van der Waals surface area contributed by atoms with Crippen molar-refractivity contribution in [3.63, 3.8) is 0 Å². The topological polar surface area (TPSA) is 106 Å². The van der Waals surface area contributed by atoms with Gasteiger partial charge in [0.2, 0.25) is 5.95 Å². The highest BCUT2D eigenvalue weighted by atomic mass is 16.3. The van der Waals surface area contributed by atoms with Crippen molar-refractivity contribution in [1.29, 1.82) is 0 Å². The highest BCUT2D eigenvalue weighted by molar-refractivity contribution is 5.81. The Bertz CT molecular complexity index is 858. The summed E-state index contributed by atoms with van der Waals surface area (Å²) in [7, 11) is 0. The molecule has 2 aromatic heterocycles. The van der Waals surface area contributed by atoms with Crippen LogP contribution >= 0.6 is 0 Å². The Balaban J connectivity index is 2.00. The molecule has 29 heavy (non-hydrogen) atoms. The molecule has 0 aromatic carbocycles. The molecule has 0 aliphatic heterocycles. The number of unbranched alkanes of at least 4 members (excludes halogenated alkanes) is 2. The SMILES string of the molecule is CC[C@H](C)Nc1ncc2c(=O)n(CCCCCN)cc(C3CCC(O)CC3)c2n1. The summed E-state index contributed by atoms with van der Waals surface area (Å²) in [6.07, 6.45) is 10.8. The summed E-state index contributed by atoms with van der Waals surface area (Å²) in [6.45, 7) is 5.57. The van der Waals surface area contributed by atoms with Gasteiger partial charge in [0.1, 0.15) is 0 Å². The Kier molecular flexibility index (Phi) is 7.61. The summed E-state index contributed by atoms with van der Waals surface area (Å²) in [5.74, 6) is 0.882. The van der Waals surface area contributed by atoms with Crippen LogP contribution in [0.15, 0.2) is 17.2 Å². The summed E-state index contributed by atoms with van der Waals surface area (Å²) in [6, 6.07) is 0.267. The van der Waals surface area contributed by atoms with Gasteiger partial charge in [-0.3, -0.25) is 4.79 Å². The molecule has 3 rings (SSSR count). The molecule has 0 unspecified atom stereocenters. The number of pyridine rings is 1. The van der Waals surface area contributed by atoms with Gasteiger partial charge < -0.3 is 20.7 Å². The van der Waals surface area contributed by atoms with E-state index in [9.17, 15) is 9.90 Å². The van der Waals surface area contributed by atoms with Crippen LogP contribution in [-0.2, 0) is 6.54 Å². The lowest BCUT2D eigenvalue weighted by Crippen LogP contribution is -2.25. The first-order valence-corrected chi connectivity index (χ1v) is 11.1. The maximum absolute atomic E-state index is 13.1. The number of rotatable bonds is 9. The van der Waals surface area contributed by atoms with Crippen LogP contribution in [0, 0.1) is 0 Å². The number of anilines is 1. The second-order valence-corrected chi connectivity index (χ2v) is 8.35. The molecule has 0 radical (unpaired) electrons. The van der Waals surface area contributed by atoms with Crippen LogP contribution in [0.4, 0.5) is 5.95 Å². The highest BCUT2D eigenvalue weighted by Crippen LogP contribution is 2.35. The molecule has 4 N–H and O–H groups in total. The smallest absolute Gasteiger partial charge is 0.261 e. The maximum atomic E-state index is 13.1. The van der Waals surface area contributed by atoms with Crippen molar-refractivity contribution in [2.45, 2.75) is 89.8 Å². The molecule has 7 heteroatoms. The zero-order chi connectivity index (χ0) is 20.8. The number of nitrogens with two attached hydrogens (primary N) is 1. The number of aryl methyl sites for hydroxylation is 1. The zero-order valence-corrected chi connectivity index (χ0v) is 17.7. The molecule has 1 atom stereocenters. The third-order valence-corrected chi connectivity index (χ3v) is 6.08. The number of nitrogens with one attached hydrogen (secondary N) is 1. The predicted octanol–water partition coefficient (Wildman–Crippen LogP) is 3.15. The molecule has 1 aliphatic rings. The van der Waals surface area contributed by atoms with Gasteiger partial charge in [0.25, 0.3) is 5.56 Å². The first-order valence-electron chi connectivity index (χ1n) is 11.1. The number of fused-ring (bicyclic) bond motifs is 1. The van der Waals surface area contributed by atoms with E-state index in [1.807, 2.05) is 10.8 Å². The van der Waals surface area contributed by atoms with E-state index >= 15 is 0 Å². The summed E-state index contributed by atoms with van der Waals surface area (Å²) in [4.78, 5) is 22.2. The minimum absolute atomic E-state index is 0.0255. The van der Waals surface area contributed by atoms with Crippen LogP contribution in [0.5, 0.6) is 0 Å². The van der Waals surface area contributed by atoms with E-state index in [1.165, 1.54) is 0 Å². The largest absolute Gasteiger partial charge is 0.393 e. The first-order chi connectivity index (χ1) is 14.0. The van der Waals surface area contributed by atoms with Gasteiger partial charge in [-0.1, -0.05) is 13.3 Å². The van der Waals surface area contributed by atoms with Crippen molar-refractivity contribution in [2.75, 3.05) is 11.9 Å². The van der Waals surface area contributed by atoms with Crippen LogP contribution in [0.3, 0.4) is 0 Å². The van der Waals surface area contributed by atoms with E-state index in [4.69, 9.17) is 10.7 Å². The van der Waals surface area contributed by atoms with Gasteiger partial charge >= 0.3 is 0 Å². The van der Waals surface area contributed by atoms with E-state index in [0.29, 0.717) is 30.3 Å². The number of hydrogen-bond acceptors (Lipinski definition) is 6. The van der Waals surface area contributed by atoms with E-state index in [1.54, 1.807) is 6.20 Å². The van der Waals surface area contributed by atoms with Gasteiger partial charge in [0, 0.05) is 25.0 Å². The Labute approximate surface area is 172 Å². The van der Waals surface area contributed by atoms with Crippen molar-refractivity contribution < 1.29 is 5.11 Å². The maximum Gasteiger partial charge on any atom is 0.261 e. The molecule has 0 amide bonds. The van der Waals surface area contributed by atoms with Gasteiger partial charge in [-0.05, 0) is 69.9 Å². The van der Waals surface area contributed by atoms with Crippen molar-refractivity contribution in [1.82, 2.24) is 14.5 Å². The van der Waals surface area contributed by atoms with E-state index < -0.39 is 0 Å². The molecular weight excluding hydrogens is 366 g/mol. The summed E-state index contributed by atoms with van der Waals surface area (Å²) >= 11 is 0. The van der Waals surface area contributed by atoms with Crippen LogP contribution in [0.25, 0.3) is 10.9 Å². The molecule has 160 valence electrons. The zero-order valence-electron chi connectivity index (χ0n) is 17.7. The van der Waals surface area contributed by atoms with Crippen LogP contribution in [-0.4, -0.2) is 38.3 Å². The third kappa shape index (κ3) is 5.34. The Morgan fingerprint density at radius 3 is 2.72 bits per heavy atom. The van der Waals surface area contributed by atoms with Crippen molar-refractivity contribution >= 4 is 16.9 Å². The van der Waals surface area contributed by atoms with Crippen molar-refractivity contribution in [3.8, 4) is 0 Å². The van der Waals surface area contributed by atoms with Crippen molar-refractivity contribution in [2.24, 2.45) is 5.73 Å². The summed E-state index contributed by atoms with van der Waals surface area (Å²) in [5, 5.41) is 13.8. The Morgan fingerprint density at radius 1 is 1.28 bits per heavy atom. The summed E-state index contributed by atoms with van der Waals surface area (Å²) < 4.78 is 1.82. The van der Waals surface area contributed by atoms with Gasteiger partial charge in [-0.2, -0.15) is 0 Å². The summed E-state index contributed by atoms with van der Waals surface area (Å²) in [5.41, 5.74) is 7.44. The number of aliphatic hydroxyl groups is 1. The molecule has 1 saturated carbocycles. The fourth-order valence-electron chi connectivity index (χ4n) is 4.05. The van der Waals surface area contributed by atoms with Crippen molar-refractivity contribution in [3.05, 3.63) is 28.3 Å². The molecular formula is C22H35N5O2. The highest BCUT2D eigenvalue weighted by Gasteiger charge is 2.25. The second kappa shape index (κ2) is 10.2. The number of aromatic nitrogens is 3. The molecule has 1 aliphatic carbocycles. The standard InChI is InChI=1S/C22H35N5O2/c1-3-15(2)25-22-24-13-18-20(26-22)19(16-7-9-17(28)10-8-16)14-27(21(18)29)12-6-4-5-11-23/h13-17,28H,3-12,23H2,1-2H3,(H,24,25,26)/t15-,16?,17?/m0/s1.